The van der Waals surface area contributed by atoms with Gasteiger partial charge in [-0.3, -0.25) is 19.3 Å². The Kier molecular flexibility index (Phi) is 7.79. The highest BCUT2D eigenvalue weighted by Crippen LogP contribution is 2.54. The zero-order chi connectivity index (χ0) is 30.8. The third-order valence-electron chi connectivity index (χ3n) is 8.64. The van der Waals surface area contributed by atoms with E-state index in [-0.39, 0.29) is 35.1 Å². The van der Waals surface area contributed by atoms with Crippen LogP contribution in [-0.4, -0.2) is 94.1 Å². The number of nitrogens with two attached hydrogens (primary N) is 1. The lowest BCUT2D eigenvalue weighted by Gasteiger charge is -2.50. The van der Waals surface area contributed by atoms with Crippen molar-refractivity contribution in [3.8, 4) is 11.5 Å². The van der Waals surface area contributed by atoms with Crippen molar-refractivity contribution in [1.29, 1.82) is 0 Å². The summed E-state index contributed by atoms with van der Waals surface area (Å²) in [6.45, 7) is 7.76. The first kappa shape index (κ1) is 30.5. The first-order valence-corrected chi connectivity index (χ1v) is 13.7. The van der Waals surface area contributed by atoms with Gasteiger partial charge in [0.25, 0.3) is 5.91 Å². The van der Waals surface area contributed by atoms with E-state index in [0.29, 0.717) is 23.4 Å². The minimum atomic E-state index is -2.67. The number of amides is 1. The standard InChI is InChI=1S/C30H41N3O8/c1-29(2,3)8-9-33(6)13-15-12-18(34)20-16(25(15)41-7)10-14-11-17-22(32(4)5)24(36)21(28(31)39)27(38)30(17,40)26(37)19(14)23(20)35/h12,14,17,22,34-35,38,40H,8-11,13H2,1-7H3,(H2,31,39)/t14-,17-,22-,30-/m0/s1. The molecule has 1 aromatic rings. The summed E-state index contributed by atoms with van der Waals surface area (Å²) in [5.41, 5.74) is 3.05. The Labute approximate surface area is 239 Å². The molecule has 41 heavy (non-hydrogen) atoms. The first-order chi connectivity index (χ1) is 18.9. The smallest absolute Gasteiger partial charge is 0.255 e. The van der Waals surface area contributed by atoms with Crippen molar-refractivity contribution in [1.82, 2.24) is 9.80 Å². The summed E-state index contributed by atoms with van der Waals surface area (Å²) in [6, 6.07) is 0.363. The first-order valence-electron chi connectivity index (χ1n) is 13.7. The summed E-state index contributed by atoms with van der Waals surface area (Å²) in [5.74, 6) is -6.32. The maximum atomic E-state index is 14.0. The number of fused-ring (bicyclic) bond motifs is 3. The van der Waals surface area contributed by atoms with Gasteiger partial charge in [-0.15, -0.1) is 0 Å². The number of methoxy groups -OCH3 is 1. The van der Waals surface area contributed by atoms with E-state index in [1.165, 1.54) is 18.1 Å². The van der Waals surface area contributed by atoms with Crippen LogP contribution in [0.25, 0.3) is 5.76 Å². The predicted molar refractivity (Wildman–Crippen MR) is 151 cm³/mol. The Bertz CT molecular complexity index is 1370. The molecule has 224 valence electrons. The highest BCUT2D eigenvalue weighted by molar-refractivity contribution is 6.24. The fraction of sp³-hybridized carbons (Fsp3) is 0.567. The van der Waals surface area contributed by atoms with E-state index < -0.39 is 58.0 Å². The fourth-order valence-electron chi connectivity index (χ4n) is 6.62. The summed E-state index contributed by atoms with van der Waals surface area (Å²) >= 11 is 0. The maximum absolute atomic E-state index is 14.0. The van der Waals surface area contributed by atoms with E-state index >= 15 is 0 Å². The van der Waals surface area contributed by atoms with Crippen LogP contribution in [0.4, 0.5) is 0 Å². The van der Waals surface area contributed by atoms with Crippen LogP contribution in [0.3, 0.4) is 0 Å². The number of carbonyl (C=O) groups is 3. The SMILES string of the molecule is COc1c(CN(C)CCC(C)(C)C)cc(O)c2c1C[C@H]1C[C@H]3[C@H](N(C)C)C(=O)C(C(N)=O)=C(O)[C@@]3(O)C(=O)C1=C2O. The Balaban J connectivity index is 1.84. The van der Waals surface area contributed by atoms with Gasteiger partial charge in [0.2, 0.25) is 5.78 Å². The number of nitrogens with zero attached hydrogens (tertiary/aromatic N) is 2. The van der Waals surface area contributed by atoms with E-state index in [0.717, 1.165) is 13.0 Å². The number of hydrogen-bond donors (Lipinski definition) is 5. The largest absolute Gasteiger partial charge is 0.508 e. The number of aliphatic hydroxyl groups is 3. The Hall–Kier alpha value is -3.41. The minimum absolute atomic E-state index is 0.0132. The van der Waals surface area contributed by atoms with E-state index in [1.807, 2.05) is 7.05 Å². The molecule has 3 aliphatic carbocycles. The Morgan fingerprint density at radius 1 is 1.17 bits per heavy atom. The second-order valence-corrected chi connectivity index (χ2v) is 13.0. The summed E-state index contributed by atoms with van der Waals surface area (Å²) < 4.78 is 5.79. The third kappa shape index (κ3) is 4.89. The molecule has 0 unspecified atom stereocenters. The molecule has 11 heteroatoms. The number of phenolic OH excluding ortho intramolecular Hbond substituents is 1. The molecule has 0 radical (unpaired) electrons. The van der Waals surface area contributed by atoms with Crippen molar-refractivity contribution < 1.29 is 39.5 Å². The predicted octanol–water partition coefficient (Wildman–Crippen LogP) is 1.84. The zero-order valence-corrected chi connectivity index (χ0v) is 24.7. The van der Waals surface area contributed by atoms with Crippen LogP contribution in [0.2, 0.25) is 0 Å². The summed E-state index contributed by atoms with van der Waals surface area (Å²) in [7, 11) is 6.61. The number of carbonyl (C=O) groups excluding carboxylic acids is 3. The van der Waals surface area contributed by atoms with Crippen molar-refractivity contribution in [2.75, 3.05) is 34.8 Å². The molecule has 0 saturated heterocycles. The molecule has 1 amide bonds. The van der Waals surface area contributed by atoms with Gasteiger partial charge < -0.3 is 35.8 Å². The normalized spacial score (nSPS) is 26.3. The number of hydrogen-bond acceptors (Lipinski definition) is 10. The van der Waals surface area contributed by atoms with Crippen LogP contribution in [0.1, 0.15) is 50.3 Å². The van der Waals surface area contributed by atoms with E-state index in [9.17, 15) is 34.8 Å². The van der Waals surface area contributed by atoms with Gasteiger partial charge in [-0.1, -0.05) is 20.8 Å². The average molecular weight is 572 g/mol. The molecule has 3 aliphatic rings. The molecule has 4 atom stereocenters. The molecule has 0 aromatic heterocycles. The molecule has 1 aromatic carbocycles. The molecule has 11 nitrogen and oxygen atoms in total. The molecular weight excluding hydrogens is 530 g/mol. The number of ether oxygens (including phenoxy) is 1. The maximum Gasteiger partial charge on any atom is 0.255 e. The van der Waals surface area contributed by atoms with E-state index in [1.54, 1.807) is 14.1 Å². The molecule has 4 rings (SSSR count). The van der Waals surface area contributed by atoms with E-state index in [4.69, 9.17) is 10.5 Å². The Morgan fingerprint density at radius 2 is 1.80 bits per heavy atom. The number of aromatic hydroxyl groups is 1. The molecule has 0 bridgehead atoms. The van der Waals surface area contributed by atoms with Gasteiger partial charge in [0, 0.05) is 29.2 Å². The van der Waals surface area contributed by atoms with E-state index in [2.05, 4.69) is 25.7 Å². The quantitative estimate of drug-likeness (QED) is 0.304. The number of Topliss-reactive ketones (excluding diaryl/α,β-unsaturated/α-hetero) is 2. The average Bonchev–Trinajstić information content (AvgIpc) is 2.84. The second-order valence-electron chi connectivity index (χ2n) is 13.0. The highest BCUT2D eigenvalue weighted by Gasteiger charge is 2.64. The van der Waals surface area contributed by atoms with Gasteiger partial charge in [0.1, 0.15) is 28.6 Å². The molecule has 1 saturated carbocycles. The summed E-state index contributed by atoms with van der Waals surface area (Å²) in [6.07, 6.45) is 1.14. The summed E-state index contributed by atoms with van der Waals surface area (Å²) in [5, 5.41) is 45.2. The van der Waals surface area contributed by atoms with Crippen molar-refractivity contribution in [2.45, 2.75) is 58.2 Å². The lowest BCUT2D eigenvalue weighted by molar-refractivity contribution is -0.153. The monoisotopic (exact) mass is 571 g/mol. The van der Waals surface area contributed by atoms with Crippen LogP contribution in [0.5, 0.6) is 11.5 Å². The second kappa shape index (κ2) is 10.5. The van der Waals surface area contributed by atoms with Crippen molar-refractivity contribution in [2.24, 2.45) is 23.0 Å². The zero-order valence-electron chi connectivity index (χ0n) is 24.7. The number of likely N-dealkylation sites (N-methyl/N-ethyl adjacent to an activating group) is 1. The third-order valence-corrected chi connectivity index (χ3v) is 8.64. The van der Waals surface area contributed by atoms with Gasteiger partial charge in [-0.2, -0.15) is 0 Å². The molecule has 6 N–H and O–H groups in total. The number of aliphatic hydroxyl groups excluding tert-OH is 2. The summed E-state index contributed by atoms with van der Waals surface area (Å²) in [4.78, 5) is 42.9. The van der Waals surface area contributed by atoms with Crippen LogP contribution < -0.4 is 10.5 Å². The number of primary amides is 1. The fourth-order valence-corrected chi connectivity index (χ4v) is 6.62. The van der Waals surface area contributed by atoms with Gasteiger partial charge in [0.05, 0.1) is 18.7 Å². The molecule has 1 fully saturated rings. The molecule has 0 heterocycles. The van der Waals surface area contributed by atoms with Crippen LogP contribution in [0, 0.1) is 17.3 Å². The van der Waals surface area contributed by atoms with Gasteiger partial charge >= 0.3 is 0 Å². The molecular formula is C30H41N3O8. The van der Waals surface area contributed by atoms with Crippen molar-refractivity contribution >= 4 is 23.2 Å². The van der Waals surface area contributed by atoms with Crippen molar-refractivity contribution in [3.63, 3.8) is 0 Å². The number of ketones is 2. The molecule has 0 aliphatic heterocycles. The number of rotatable bonds is 7. The molecule has 0 spiro atoms. The van der Waals surface area contributed by atoms with Gasteiger partial charge in [-0.05, 0) is 64.3 Å². The van der Waals surface area contributed by atoms with Crippen LogP contribution in [0.15, 0.2) is 23.0 Å². The Morgan fingerprint density at radius 3 is 2.34 bits per heavy atom. The van der Waals surface area contributed by atoms with Crippen LogP contribution >= 0.6 is 0 Å². The lowest BCUT2D eigenvalue weighted by atomic mass is 9.57. The van der Waals surface area contributed by atoms with Crippen LogP contribution in [-0.2, 0) is 27.3 Å². The van der Waals surface area contributed by atoms with Gasteiger partial charge in [0.15, 0.2) is 11.4 Å². The van der Waals surface area contributed by atoms with Gasteiger partial charge in [-0.25, -0.2) is 0 Å². The van der Waals surface area contributed by atoms with Crippen molar-refractivity contribution in [3.05, 3.63) is 39.7 Å². The highest BCUT2D eigenvalue weighted by atomic mass is 16.5. The topological polar surface area (TPSA) is 174 Å². The number of phenols is 1. The number of benzene rings is 1. The minimum Gasteiger partial charge on any atom is -0.508 e. The lowest BCUT2D eigenvalue weighted by Crippen LogP contribution is -2.65.